The van der Waals surface area contributed by atoms with Gasteiger partial charge in [-0.05, 0) is 0 Å². The van der Waals surface area contributed by atoms with Crippen LogP contribution in [0.1, 0.15) is 5.89 Å². The van der Waals surface area contributed by atoms with Crippen LogP contribution >= 0.6 is 11.6 Å². The first kappa shape index (κ1) is 12.2. The Labute approximate surface area is 106 Å². The van der Waals surface area contributed by atoms with Gasteiger partial charge in [-0.15, -0.1) is 0 Å². The molecule has 2 aromatic heterocycles. The van der Waals surface area contributed by atoms with E-state index in [1.165, 1.54) is 12.4 Å². The van der Waals surface area contributed by atoms with E-state index in [0.717, 1.165) is 6.20 Å². The van der Waals surface area contributed by atoms with Crippen molar-refractivity contribution >= 4 is 23.1 Å². The van der Waals surface area contributed by atoms with Gasteiger partial charge in [-0.2, -0.15) is 4.98 Å². The number of hydrogen-bond donors (Lipinski definition) is 1. The molecule has 0 aliphatic rings. The van der Waals surface area contributed by atoms with Crippen molar-refractivity contribution in [3.8, 4) is 0 Å². The maximum Gasteiger partial charge on any atom is 0.289 e. The van der Waals surface area contributed by atoms with Crippen LogP contribution < -0.4 is 5.32 Å². The summed E-state index contributed by atoms with van der Waals surface area (Å²) in [6.45, 7) is 0.479. The lowest BCUT2D eigenvalue weighted by atomic mass is 10.4. The summed E-state index contributed by atoms with van der Waals surface area (Å²) in [5.74, 6) is 0.863. The standard InChI is InChI=1S/C9H8ClN5O3/c10-7-3-6(15(16)17)4-12-9(7)11-2-1-8-13-5-14-18-8/h3-5H,1-2H2,(H,11,12). The van der Waals surface area contributed by atoms with Gasteiger partial charge in [0.15, 0.2) is 6.33 Å². The van der Waals surface area contributed by atoms with Crippen LogP contribution in [0.3, 0.4) is 0 Å². The number of rotatable bonds is 5. The number of nitrogens with one attached hydrogen (secondary N) is 1. The van der Waals surface area contributed by atoms with Crippen LogP contribution in [0.15, 0.2) is 23.1 Å². The maximum absolute atomic E-state index is 10.5. The number of nitrogens with zero attached hydrogens (tertiary/aromatic N) is 4. The highest BCUT2D eigenvalue weighted by molar-refractivity contribution is 6.33. The molecule has 0 fully saturated rings. The quantitative estimate of drug-likeness (QED) is 0.650. The maximum atomic E-state index is 10.5. The van der Waals surface area contributed by atoms with Gasteiger partial charge in [-0.25, -0.2) is 4.98 Å². The summed E-state index contributed by atoms with van der Waals surface area (Å²) in [5.41, 5.74) is -0.151. The molecule has 0 spiro atoms. The predicted molar refractivity (Wildman–Crippen MR) is 62.4 cm³/mol. The van der Waals surface area contributed by atoms with Crippen molar-refractivity contribution in [3.63, 3.8) is 0 Å². The molecule has 0 bridgehead atoms. The summed E-state index contributed by atoms with van der Waals surface area (Å²) in [4.78, 5) is 17.7. The zero-order chi connectivity index (χ0) is 13.0. The van der Waals surface area contributed by atoms with Gasteiger partial charge in [-0.3, -0.25) is 10.1 Å². The van der Waals surface area contributed by atoms with Gasteiger partial charge >= 0.3 is 0 Å². The Morgan fingerprint density at radius 3 is 2.94 bits per heavy atom. The number of hydrogen-bond acceptors (Lipinski definition) is 7. The van der Waals surface area contributed by atoms with E-state index in [9.17, 15) is 10.1 Å². The smallest absolute Gasteiger partial charge is 0.289 e. The lowest BCUT2D eigenvalue weighted by Gasteiger charge is -2.05. The molecule has 0 aromatic carbocycles. The first-order valence-electron chi connectivity index (χ1n) is 4.96. The van der Waals surface area contributed by atoms with Crippen LogP contribution in [-0.2, 0) is 6.42 Å². The van der Waals surface area contributed by atoms with E-state index in [1.807, 2.05) is 0 Å². The number of aromatic nitrogens is 3. The number of nitro groups is 1. The van der Waals surface area contributed by atoms with Crippen LogP contribution in [0, 0.1) is 10.1 Å². The predicted octanol–water partition coefficient (Wildman–Crippen LogP) is 1.68. The summed E-state index contributed by atoms with van der Waals surface area (Å²) in [5, 5.41) is 17.1. The van der Waals surface area contributed by atoms with Crippen LogP contribution in [-0.4, -0.2) is 26.6 Å². The van der Waals surface area contributed by atoms with Crippen LogP contribution in [0.5, 0.6) is 0 Å². The Hall–Kier alpha value is -2.22. The van der Waals surface area contributed by atoms with E-state index < -0.39 is 4.92 Å². The molecule has 2 aromatic rings. The Bertz CT molecular complexity index is 545. The van der Waals surface area contributed by atoms with E-state index in [-0.39, 0.29) is 10.7 Å². The van der Waals surface area contributed by atoms with Crippen molar-refractivity contribution in [3.05, 3.63) is 39.6 Å². The molecule has 2 rings (SSSR count). The molecular weight excluding hydrogens is 262 g/mol. The molecule has 1 N–H and O–H groups in total. The van der Waals surface area contributed by atoms with Crippen molar-refractivity contribution in [2.24, 2.45) is 0 Å². The highest BCUT2D eigenvalue weighted by Gasteiger charge is 2.10. The van der Waals surface area contributed by atoms with Gasteiger partial charge in [0.2, 0.25) is 5.89 Å². The van der Waals surface area contributed by atoms with E-state index in [4.69, 9.17) is 16.1 Å². The van der Waals surface area contributed by atoms with Gasteiger partial charge in [-0.1, -0.05) is 16.8 Å². The molecule has 0 aliphatic heterocycles. The molecule has 0 atom stereocenters. The Morgan fingerprint density at radius 1 is 1.50 bits per heavy atom. The minimum absolute atomic E-state index is 0.151. The first-order valence-corrected chi connectivity index (χ1v) is 5.34. The largest absolute Gasteiger partial charge is 0.368 e. The zero-order valence-corrected chi connectivity index (χ0v) is 9.79. The second-order valence-electron chi connectivity index (χ2n) is 3.29. The SMILES string of the molecule is O=[N+]([O-])c1cnc(NCCc2ncno2)c(Cl)c1. The average Bonchev–Trinajstić information content (AvgIpc) is 2.84. The van der Waals surface area contributed by atoms with Crippen LogP contribution in [0.4, 0.5) is 11.5 Å². The normalized spacial score (nSPS) is 10.3. The van der Waals surface area contributed by atoms with Gasteiger partial charge in [0, 0.05) is 19.0 Å². The zero-order valence-electron chi connectivity index (χ0n) is 9.04. The number of halogens is 1. The number of pyridine rings is 1. The van der Waals surface area contributed by atoms with Crippen molar-refractivity contribution < 1.29 is 9.45 Å². The molecule has 0 saturated carbocycles. The van der Waals surface area contributed by atoms with Gasteiger partial charge in [0.05, 0.1) is 9.95 Å². The molecule has 8 nitrogen and oxygen atoms in total. The summed E-state index contributed by atoms with van der Waals surface area (Å²) in [6.07, 6.45) is 2.96. The van der Waals surface area contributed by atoms with Crippen LogP contribution in [0.25, 0.3) is 0 Å². The fourth-order valence-corrected chi connectivity index (χ4v) is 1.48. The molecule has 94 valence electrons. The van der Waals surface area contributed by atoms with E-state index in [2.05, 4.69) is 20.4 Å². The van der Waals surface area contributed by atoms with Crippen molar-refractivity contribution in [1.82, 2.24) is 15.1 Å². The molecule has 0 unspecified atom stereocenters. The Balaban J connectivity index is 1.95. The van der Waals surface area contributed by atoms with Crippen molar-refractivity contribution in [1.29, 1.82) is 0 Å². The molecule has 9 heteroatoms. The second-order valence-corrected chi connectivity index (χ2v) is 3.70. The third-order valence-electron chi connectivity index (χ3n) is 2.08. The topological polar surface area (TPSA) is 107 Å². The highest BCUT2D eigenvalue weighted by atomic mass is 35.5. The number of anilines is 1. The van der Waals surface area contributed by atoms with E-state index in [1.54, 1.807) is 0 Å². The van der Waals surface area contributed by atoms with Gasteiger partial charge in [0.1, 0.15) is 12.0 Å². The molecule has 18 heavy (non-hydrogen) atoms. The fraction of sp³-hybridized carbons (Fsp3) is 0.222. The molecule has 2 heterocycles. The first-order chi connectivity index (χ1) is 8.66. The molecule has 0 saturated heterocycles. The van der Waals surface area contributed by atoms with E-state index >= 15 is 0 Å². The highest BCUT2D eigenvalue weighted by Crippen LogP contribution is 2.23. The Kier molecular flexibility index (Phi) is 3.68. The summed E-state index contributed by atoms with van der Waals surface area (Å²) in [7, 11) is 0. The molecule has 0 amide bonds. The molecular formula is C9H8ClN5O3. The molecule has 0 radical (unpaired) electrons. The van der Waals surface area contributed by atoms with Crippen LogP contribution in [0.2, 0.25) is 5.02 Å². The van der Waals surface area contributed by atoms with Crippen molar-refractivity contribution in [2.45, 2.75) is 6.42 Å². The van der Waals surface area contributed by atoms with E-state index in [0.29, 0.717) is 24.7 Å². The summed E-state index contributed by atoms with van der Waals surface area (Å²) >= 11 is 5.85. The fourth-order valence-electron chi connectivity index (χ4n) is 1.25. The summed E-state index contributed by atoms with van der Waals surface area (Å²) < 4.78 is 4.81. The third kappa shape index (κ3) is 2.92. The van der Waals surface area contributed by atoms with Crippen molar-refractivity contribution in [2.75, 3.05) is 11.9 Å². The van der Waals surface area contributed by atoms with Gasteiger partial charge in [0.25, 0.3) is 5.69 Å². The monoisotopic (exact) mass is 269 g/mol. The Morgan fingerprint density at radius 2 is 2.33 bits per heavy atom. The summed E-state index contributed by atoms with van der Waals surface area (Å²) in [6, 6.07) is 1.24. The minimum atomic E-state index is -0.554. The average molecular weight is 270 g/mol. The lowest BCUT2D eigenvalue weighted by molar-refractivity contribution is -0.385. The van der Waals surface area contributed by atoms with Gasteiger partial charge < -0.3 is 9.84 Å². The second kappa shape index (κ2) is 5.41. The minimum Gasteiger partial charge on any atom is -0.368 e. The lowest BCUT2D eigenvalue weighted by Crippen LogP contribution is -2.07. The third-order valence-corrected chi connectivity index (χ3v) is 2.36. The molecule has 0 aliphatic carbocycles.